The molecule has 0 radical (unpaired) electrons. The Morgan fingerprint density at radius 1 is 1.07 bits per heavy atom. The Kier molecular flexibility index (Phi) is 5.67. The Morgan fingerprint density at radius 3 is 2.46 bits per heavy atom. The van der Waals surface area contributed by atoms with E-state index in [2.05, 4.69) is 17.2 Å². The Morgan fingerprint density at radius 2 is 1.75 bits per heavy atom. The van der Waals surface area contributed by atoms with Crippen LogP contribution in [0, 0.1) is 11.8 Å². The maximum atomic E-state index is 12.8. The molecule has 2 N–H and O–H groups in total. The van der Waals surface area contributed by atoms with Gasteiger partial charge >= 0.3 is 0 Å². The lowest BCUT2D eigenvalue weighted by molar-refractivity contribution is -0.134. The first kappa shape index (κ1) is 19.0. The minimum Gasteiger partial charge on any atom is -0.351 e. The van der Waals surface area contributed by atoms with Crippen LogP contribution in [0.2, 0.25) is 0 Å². The second-order valence-electron chi connectivity index (χ2n) is 8.21. The summed E-state index contributed by atoms with van der Waals surface area (Å²) in [6.45, 7) is 6.80. The summed E-state index contributed by atoms with van der Waals surface area (Å²) in [5, 5.41) is 4.44. The van der Waals surface area contributed by atoms with Crippen LogP contribution in [0.25, 0.3) is 10.9 Å². The first-order valence-corrected chi connectivity index (χ1v) is 10.5. The number of fused-ring (bicyclic) bond motifs is 1. The van der Waals surface area contributed by atoms with Crippen molar-refractivity contribution in [1.29, 1.82) is 0 Å². The fraction of sp³-hybridized carbons (Fsp3) is 0.545. The fourth-order valence-corrected chi connectivity index (χ4v) is 4.50. The molecule has 6 nitrogen and oxygen atoms in total. The number of aromatic nitrogens is 1. The smallest absolute Gasteiger partial charge is 0.270 e. The van der Waals surface area contributed by atoms with Gasteiger partial charge in [-0.05, 0) is 49.9 Å². The first-order chi connectivity index (χ1) is 13.6. The number of benzene rings is 1. The summed E-state index contributed by atoms with van der Waals surface area (Å²) in [5.41, 5.74) is 1.60. The zero-order valence-corrected chi connectivity index (χ0v) is 16.6. The number of nitrogens with zero attached hydrogens (tertiary/aromatic N) is 2. The first-order valence-electron chi connectivity index (χ1n) is 10.5. The topological polar surface area (TPSA) is 68.4 Å². The molecule has 3 heterocycles. The molecule has 2 saturated heterocycles. The third kappa shape index (κ3) is 4.07. The van der Waals surface area contributed by atoms with Crippen molar-refractivity contribution in [3.05, 3.63) is 36.0 Å². The Labute approximate surface area is 166 Å². The highest BCUT2D eigenvalue weighted by Gasteiger charge is 2.28. The average molecular weight is 383 g/mol. The number of hydrogen-bond donors (Lipinski definition) is 2. The van der Waals surface area contributed by atoms with Crippen LogP contribution in [-0.2, 0) is 4.79 Å². The minimum atomic E-state index is 0.0198. The van der Waals surface area contributed by atoms with Crippen LogP contribution in [0.1, 0.15) is 36.7 Å². The SMILES string of the molecule is CC(CC(=O)N1CCN(C(=O)c2cc3ccccc3[nH]2)CC1)C1CCNCC1. The van der Waals surface area contributed by atoms with Crippen molar-refractivity contribution in [2.75, 3.05) is 39.3 Å². The van der Waals surface area contributed by atoms with Crippen molar-refractivity contribution >= 4 is 22.7 Å². The largest absolute Gasteiger partial charge is 0.351 e. The van der Waals surface area contributed by atoms with E-state index in [0.717, 1.165) is 24.0 Å². The molecule has 1 aromatic carbocycles. The molecule has 0 spiro atoms. The Bertz CT molecular complexity index is 799. The number of carbonyl (C=O) groups is 2. The third-order valence-electron chi connectivity index (χ3n) is 6.37. The summed E-state index contributed by atoms with van der Waals surface area (Å²) in [5.74, 6) is 1.34. The average Bonchev–Trinajstić information content (AvgIpc) is 3.18. The van der Waals surface area contributed by atoms with Crippen molar-refractivity contribution in [3.8, 4) is 0 Å². The van der Waals surface area contributed by atoms with Gasteiger partial charge in [-0.15, -0.1) is 0 Å². The summed E-state index contributed by atoms with van der Waals surface area (Å²) >= 11 is 0. The molecule has 2 aliphatic heterocycles. The van der Waals surface area contributed by atoms with Crippen LogP contribution in [0.15, 0.2) is 30.3 Å². The number of amides is 2. The molecule has 1 unspecified atom stereocenters. The molecule has 28 heavy (non-hydrogen) atoms. The van der Waals surface area contributed by atoms with E-state index in [1.807, 2.05) is 40.1 Å². The van der Waals surface area contributed by atoms with Crippen LogP contribution in [-0.4, -0.2) is 65.9 Å². The number of para-hydroxylation sites is 1. The molecular formula is C22H30N4O2. The molecule has 0 aliphatic carbocycles. The molecule has 2 fully saturated rings. The third-order valence-corrected chi connectivity index (χ3v) is 6.37. The maximum absolute atomic E-state index is 12.8. The quantitative estimate of drug-likeness (QED) is 0.854. The normalized spacial score (nSPS) is 19.8. The van der Waals surface area contributed by atoms with E-state index in [1.54, 1.807) is 0 Å². The van der Waals surface area contributed by atoms with Crippen molar-refractivity contribution in [3.63, 3.8) is 0 Å². The van der Waals surface area contributed by atoms with Crippen LogP contribution < -0.4 is 5.32 Å². The monoisotopic (exact) mass is 382 g/mol. The molecule has 0 saturated carbocycles. The predicted octanol–water partition coefficient (Wildman–Crippen LogP) is 2.48. The number of piperazine rings is 1. The highest BCUT2D eigenvalue weighted by Crippen LogP contribution is 2.25. The van der Waals surface area contributed by atoms with Crippen molar-refractivity contribution < 1.29 is 9.59 Å². The number of aromatic amines is 1. The molecular weight excluding hydrogens is 352 g/mol. The number of carbonyl (C=O) groups excluding carboxylic acids is 2. The van der Waals surface area contributed by atoms with Crippen LogP contribution >= 0.6 is 0 Å². The van der Waals surface area contributed by atoms with Gasteiger partial charge in [0, 0.05) is 43.5 Å². The van der Waals surface area contributed by atoms with Gasteiger partial charge in [-0.25, -0.2) is 0 Å². The number of nitrogens with one attached hydrogen (secondary N) is 2. The number of rotatable bonds is 4. The van der Waals surface area contributed by atoms with Crippen LogP contribution in [0.5, 0.6) is 0 Å². The number of H-pyrrole nitrogens is 1. The summed E-state index contributed by atoms with van der Waals surface area (Å²) < 4.78 is 0. The van der Waals surface area contributed by atoms with Crippen LogP contribution in [0.3, 0.4) is 0 Å². The fourth-order valence-electron chi connectivity index (χ4n) is 4.50. The highest BCUT2D eigenvalue weighted by molar-refractivity contribution is 5.98. The van der Waals surface area contributed by atoms with E-state index >= 15 is 0 Å². The van der Waals surface area contributed by atoms with E-state index < -0.39 is 0 Å². The van der Waals surface area contributed by atoms with Gasteiger partial charge in [0.05, 0.1) is 0 Å². The zero-order valence-electron chi connectivity index (χ0n) is 16.6. The zero-order chi connectivity index (χ0) is 19.5. The molecule has 4 rings (SSSR count). The van der Waals surface area contributed by atoms with E-state index in [0.29, 0.717) is 50.1 Å². The lowest BCUT2D eigenvalue weighted by Crippen LogP contribution is -2.51. The van der Waals surface area contributed by atoms with Crippen molar-refractivity contribution in [2.24, 2.45) is 11.8 Å². The summed E-state index contributed by atoms with van der Waals surface area (Å²) in [4.78, 5) is 32.5. The standard InChI is InChI=1S/C22H30N4O2/c1-16(17-6-8-23-9-7-17)14-21(27)25-10-12-26(13-11-25)22(28)20-15-18-4-2-3-5-19(18)24-20/h2-5,15-17,23-24H,6-14H2,1H3. The molecule has 2 amide bonds. The van der Waals surface area contributed by atoms with Gasteiger partial charge in [0.1, 0.15) is 5.69 Å². The minimum absolute atomic E-state index is 0.0198. The highest BCUT2D eigenvalue weighted by atomic mass is 16.2. The Balaban J connectivity index is 1.30. The van der Waals surface area contributed by atoms with E-state index in [-0.39, 0.29) is 11.8 Å². The molecule has 6 heteroatoms. The van der Waals surface area contributed by atoms with Gasteiger partial charge in [0.25, 0.3) is 5.91 Å². The van der Waals surface area contributed by atoms with E-state index in [4.69, 9.17) is 0 Å². The molecule has 0 bridgehead atoms. The van der Waals surface area contributed by atoms with E-state index in [1.165, 1.54) is 12.8 Å². The molecule has 1 atom stereocenters. The van der Waals surface area contributed by atoms with Crippen LogP contribution in [0.4, 0.5) is 0 Å². The van der Waals surface area contributed by atoms with Gasteiger partial charge < -0.3 is 20.1 Å². The van der Waals surface area contributed by atoms with Crippen molar-refractivity contribution in [1.82, 2.24) is 20.1 Å². The number of hydrogen-bond acceptors (Lipinski definition) is 3. The van der Waals surface area contributed by atoms with Gasteiger partial charge in [-0.2, -0.15) is 0 Å². The maximum Gasteiger partial charge on any atom is 0.270 e. The lowest BCUT2D eigenvalue weighted by atomic mass is 9.84. The summed E-state index contributed by atoms with van der Waals surface area (Å²) in [7, 11) is 0. The van der Waals surface area contributed by atoms with E-state index in [9.17, 15) is 9.59 Å². The lowest BCUT2D eigenvalue weighted by Gasteiger charge is -2.36. The Hall–Kier alpha value is -2.34. The second kappa shape index (κ2) is 8.35. The molecule has 2 aromatic rings. The summed E-state index contributed by atoms with van der Waals surface area (Å²) in [6, 6.07) is 9.83. The van der Waals surface area contributed by atoms with Gasteiger partial charge in [0.15, 0.2) is 0 Å². The van der Waals surface area contributed by atoms with Crippen molar-refractivity contribution in [2.45, 2.75) is 26.2 Å². The molecule has 2 aliphatic rings. The van der Waals surface area contributed by atoms with Gasteiger partial charge in [-0.1, -0.05) is 25.1 Å². The summed E-state index contributed by atoms with van der Waals surface area (Å²) in [6.07, 6.45) is 2.96. The second-order valence-corrected chi connectivity index (χ2v) is 8.21. The predicted molar refractivity (Wildman–Crippen MR) is 110 cm³/mol. The van der Waals surface area contributed by atoms with Gasteiger partial charge in [-0.3, -0.25) is 9.59 Å². The van der Waals surface area contributed by atoms with Gasteiger partial charge in [0.2, 0.25) is 5.91 Å². The molecule has 1 aromatic heterocycles. The number of piperidine rings is 1. The molecule has 150 valence electrons.